The number of carbonyl (C=O) groups is 1. The molecule has 1 aromatic heterocycles. The Balaban J connectivity index is 3.02. The minimum absolute atomic E-state index is 0.0161. The molecule has 0 atom stereocenters. The van der Waals surface area contributed by atoms with Gasteiger partial charge in [-0.3, -0.25) is 4.79 Å². The van der Waals surface area contributed by atoms with Gasteiger partial charge < -0.3 is 5.32 Å². The Bertz CT molecular complexity index is 333. The molecule has 13 heavy (non-hydrogen) atoms. The van der Waals surface area contributed by atoms with E-state index in [-0.39, 0.29) is 5.91 Å². The number of amides is 1. The highest BCUT2D eigenvalue weighted by Crippen LogP contribution is 2.27. The monoisotopic (exact) mass is 217 g/mol. The first-order valence-corrected chi connectivity index (χ1v) is 5.91. The maximum atomic E-state index is 10.9. The van der Waals surface area contributed by atoms with E-state index in [2.05, 4.69) is 9.88 Å². The number of hydrogen-bond donors (Lipinski definition) is 1. The van der Waals surface area contributed by atoms with Gasteiger partial charge in [-0.15, -0.1) is 0 Å². The Morgan fingerprint density at radius 2 is 2.23 bits per heavy atom. The van der Waals surface area contributed by atoms with Gasteiger partial charge in [0.05, 0.1) is 0 Å². The normalized spacial score (nSPS) is 10.2. The topological polar surface area (TPSA) is 33.0 Å². The standard InChI is InChI=1S/C8H12N2OS2/c1-5-7(9-6(2)11)13-8(12-4)10(5)3/h1-4H3/p+1. The van der Waals surface area contributed by atoms with Crippen LogP contribution < -0.4 is 9.88 Å². The Morgan fingerprint density at radius 3 is 2.62 bits per heavy atom. The lowest BCUT2D eigenvalue weighted by Crippen LogP contribution is -2.31. The average molecular weight is 217 g/mol. The average Bonchev–Trinajstić information content (AvgIpc) is 2.32. The summed E-state index contributed by atoms with van der Waals surface area (Å²) in [5.41, 5.74) is 1.10. The Hall–Kier alpha value is -0.550. The Labute approximate surface area is 86.2 Å². The van der Waals surface area contributed by atoms with Crippen molar-refractivity contribution in [3.63, 3.8) is 0 Å². The molecule has 0 saturated carbocycles. The van der Waals surface area contributed by atoms with Gasteiger partial charge in [0.25, 0.3) is 4.34 Å². The van der Waals surface area contributed by atoms with Gasteiger partial charge in [-0.2, -0.15) is 4.57 Å². The van der Waals surface area contributed by atoms with Crippen molar-refractivity contribution in [1.82, 2.24) is 0 Å². The summed E-state index contributed by atoms with van der Waals surface area (Å²) in [6.07, 6.45) is 2.03. The molecule has 0 aromatic carbocycles. The number of anilines is 1. The highest BCUT2D eigenvalue weighted by atomic mass is 32.2. The third-order valence-corrected chi connectivity index (χ3v) is 4.18. The molecule has 1 amide bonds. The van der Waals surface area contributed by atoms with Crippen molar-refractivity contribution in [2.75, 3.05) is 11.6 Å². The van der Waals surface area contributed by atoms with Gasteiger partial charge in [-0.05, 0) is 29.4 Å². The van der Waals surface area contributed by atoms with Gasteiger partial charge in [-0.1, -0.05) is 0 Å². The van der Waals surface area contributed by atoms with Crippen LogP contribution in [-0.4, -0.2) is 12.2 Å². The maximum absolute atomic E-state index is 10.9. The summed E-state index contributed by atoms with van der Waals surface area (Å²) in [5.74, 6) is -0.0161. The van der Waals surface area contributed by atoms with Crippen molar-refractivity contribution in [3.05, 3.63) is 5.69 Å². The zero-order valence-corrected chi connectivity index (χ0v) is 9.80. The third kappa shape index (κ3) is 2.22. The van der Waals surface area contributed by atoms with Crippen LogP contribution in [0, 0.1) is 6.92 Å². The molecule has 1 N–H and O–H groups in total. The highest BCUT2D eigenvalue weighted by Gasteiger charge is 2.19. The Kier molecular flexibility index (Phi) is 3.33. The summed E-state index contributed by atoms with van der Waals surface area (Å²) < 4.78 is 3.28. The number of rotatable bonds is 2. The molecule has 0 aliphatic rings. The fraction of sp³-hybridized carbons (Fsp3) is 0.500. The second-order valence-electron chi connectivity index (χ2n) is 2.73. The van der Waals surface area contributed by atoms with Gasteiger partial charge in [-0.25, -0.2) is 0 Å². The fourth-order valence-corrected chi connectivity index (χ4v) is 2.90. The molecule has 0 radical (unpaired) electrons. The van der Waals surface area contributed by atoms with Gasteiger partial charge >= 0.3 is 0 Å². The molecule has 0 aliphatic carbocycles. The molecule has 0 spiro atoms. The molecular formula is C8H13N2OS2+. The van der Waals surface area contributed by atoms with Crippen molar-refractivity contribution in [2.45, 2.75) is 18.2 Å². The first kappa shape index (κ1) is 10.5. The highest BCUT2D eigenvalue weighted by molar-refractivity contribution is 8.00. The summed E-state index contributed by atoms with van der Waals surface area (Å²) in [4.78, 5) is 10.9. The molecular weight excluding hydrogens is 204 g/mol. The minimum Gasteiger partial charge on any atom is -0.313 e. The van der Waals surface area contributed by atoms with E-state index in [1.807, 2.05) is 20.2 Å². The zero-order chi connectivity index (χ0) is 10.0. The molecule has 1 rings (SSSR count). The van der Waals surface area contributed by atoms with Crippen LogP contribution in [0.3, 0.4) is 0 Å². The molecule has 5 heteroatoms. The van der Waals surface area contributed by atoms with Crippen LogP contribution in [0.15, 0.2) is 4.34 Å². The van der Waals surface area contributed by atoms with E-state index in [9.17, 15) is 4.79 Å². The van der Waals surface area contributed by atoms with E-state index in [4.69, 9.17) is 0 Å². The van der Waals surface area contributed by atoms with Gasteiger partial charge in [0, 0.05) is 13.8 Å². The quantitative estimate of drug-likeness (QED) is 0.602. The van der Waals surface area contributed by atoms with Crippen LogP contribution in [0.1, 0.15) is 12.6 Å². The van der Waals surface area contributed by atoms with Crippen molar-refractivity contribution in [3.8, 4) is 0 Å². The smallest absolute Gasteiger partial charge is 0.299 e. The van der Waals surface area contributed by atoms with Crippen LogP contribution in [0.25, 0.3) is 0 Å². The largest absolute Gasteiger partial charge is 0.313 e. The van der Waals surface area contributed by atoms with E-state index >= 15 is 0 Å². The fourth-order valence-electron chi connectivity index (χ4n) is 0.973. The second-order valence-corrected chi connectivity index (χ2v) is 4.78. The summed E-state index contributed by atoms with van der Waals surface area (Å²) in [6, 6.07) is 0. The molecule has 1 heterocycles. The lowest BCUT2D eigenvalue weighted by atomic mass is 10.5. The second kappa shape index (κ2) is 4.11. The van der Waals surface area contributed by atoms with E-state index in [1.54, 1.807) is 23.1 Å². The van der Waals surface area contributed by atoms with Crippen LogP contribution in [0.2, 0.25) is 0 Å². The summed E-state index contributed by atoms with van der Waals surface area (Å²) in [7, 11) is 2.00. The molecule has 3 nitrogen and oxygen atoms in total. The first-order chi connectivity index (χ1) is 6.06. The number of thiazole rings is 1. The molecule has 0 saturated heterocycles. The van der Waals surface area contributed by atoms with E-state index in [0.29, 0.717) is 0 Å². The summed E-state index contributed by atoms with van der Waals surface area (Å²) in [5, 5.41) is 3.76. The predicted octanol–water partition coefficient (Wildman–Crippen LogP) is 1.56. The van der Waals surface area contributed by atoms with Gasteiger partial charge in [0.2, 0.25) is 11.6 Å². The van der Waals surface area contributed by atoms with E-state index < -0.39 is 0 Å². The molecule has 0 aliphatic heterocycles. The van der Waals surface area contributed by atoms with Crippen LogP contribution >= 0.6 is 23.1 Å². The van der Waals surface area contributed by atoms with Crippen molar-refractivity contribution in [2.24, 2.45) is 7.05 Å². The molecule has 0 fully saturated rings. The van der Waals surface area contributed by atoms with Crippen molar-refractivity contribution >= 4 is 34.0 Å². The number of aromatic nitrogens is 1. The minimum atomic E-state index is -0.0161. The third-order valence-electron chi connectivity index (χ3n) is 1.76. The lowest BCUT2D eigenvalue weighted by molar-refractivity contribution is -0.707. The molecule has 72 valence electrons. The van der Waals surface area contributed by atoms with E-state index in [1.165, 1.54) is 11.3 Å². The lowest BCUT2D eigenvalue weighted by Gasteiger charge is -1.93. The van der Waals surface area contributed by atoms with Crippen molar-refractivity contribution in [1.29, 1.82) is 0 Å². The van der Waals surface area contributed by atoms with Gasteiger partial charge in [0.1, 0.15) is 7.05 Å². The molecule has 0 bridgehead atoms. The van der Waals surface area contributed by atoms with Crippen LogP contribution in [-0.2, 0) is 11.8 Å². The number of nitrogens with one attached hydrogen (secondary N) is 1. The molecule has 0 unspecified atom stereocenters. The van der Waals surface area contributed by atoms with Gasteiger partial charge in [0.15, 0.2) is 5.00 Å². The summed E-state index contributed by atoms with van der Waals surface area (Å²) in [6.45, 7) is 3.53. The number of nitrogens with zero attached hydrogens (tertiary/aromatic N) is 1. The zero-order valence-electron chi connectivity index (χ0n) is 8.17. The SMILES string of the molecule is CSc1sc(NC(C)=O)c(C)[n+]1C. The number of thioether (sulfide) groups is 1. The Morgan fingerprint density at radius 1 is 1.62 bits per heavy atom. The van der Waals surface area contributed by atoms with Crippen molar-refractivity contribution < 1.29 is 9.36 Å². The van der Waals surface area contributed by atoms with Crippen LogP contribution in [0.4, 0.5) is 5.00 Å². The number of carbonyl (C=O) groups excluding carboxylic acids is 1. The molecule has 1 aromatic rings. The first-order valence-electron chi connectivity index (χ1n) is 3.87. The number of hydrogen-bond acceptors (Lipinski definition) is 3. The van der Waals surface area contributed by atoms with E-state index in [0.717, 1.165) is 10.7 Å². The maximum Gasteiger partial charge on any atom is 0.299 e. The predicted molar refractivity (Wildman–Crippen MR) is 56.3 cm³/mol. The van der Waals surface area contributed by atoms with Crippen LogP contribution in [0.5, 0.6) is 0 Å². The summed E-state index contributed by atoms with van der Waals surface area (Å²) >= 11 is 3.30.